The molecular weight excluding hydrogens is 341 g/mol. The van der Waals surface area contributed by atoms with Gasteiger partial charge < -0.3 is 18.4 Å². The third-order valence-corrected chi connectivity index (χ3v) is 4.14. The number of methoxy groups -OCH3 is 1. The Balaban J connectivity index is 2.23. The fourth-order valence-electron chi connectivity index (χ4n) is 1.89. The second kappa shape index (κ2) is 9.45. The second-order valence-corrected chi connectivity index (χ2v) is 6.51. The zero-order valence-electron chi connectivity index (χ0n) is 12.8. The SMILES string of the molecule is COCCOCCOC[C@@H]1CC=C(OS(=O)(=O)C(F)(F)F)CC1. The van der Waals surface area contributed by atoms with E-state index in [4.69, 9.17) is 14.2 Å². The summed E-state index contributed by atoms with van der Waals surface area (Å²) in [6.07, 6.45) is 2.42. The van der Waals surface area contributed by atoms with E-state index >= 15 is 0 Å². The molecule has 0 spiro atoms. The van der Waals surface area contributed by atoms with E-state index in [1.807, 2.05) is 0 Å². The number of rotatable bonds is 10. The molecule has 0 aromatic carbocycles. The van der Waals surface area contributed by atoms with Crippen LogP contribution in [-0.2, 0) is 28.5 Å². The van der Waals surface area contributed by atoms with Crippen molar-refractivity contribution in [2.24, 2.45) is 5.92 Å². The molecular formula is C13H21F3O6S. The van der Waals surface area contributed by atoms with E-state index in [1.165, 1.54) is 6.08 Å². The monoisotopic (exact) mass is 362 g/mol. The minimum Gasteiger partial charge on any atom is -0.382 e. The molecule has 0 fully saturated rings. The van der Waals surface area contributed by atoms with Gasteiger partial charge in [0, 0.05) is 20.1 Å². The fourth-order valence-corrected chi connectivity index (χ4v) is 2.42. The van der Waals surface area contributed by atoms with Gasteiger partial charge in [-0.1, -0.05) is 0 Å². The molecule has 0 bridgehead atoms. The molecule has 0 saturated carbocycles. The maximum Gasteiger partial charge on any atom is 0.534 e. The molecule has 1 rings (SSSR count). The van der Waals surface area contributed by atoms with E-state index < -0.39 is 15.6 Å². The van der Waals surface area contributed by atoms with E-state index in [1.54, 1.807) is 7.11 Å². The van der Waals surface area contributed by atoms with Crippen molar-refractivity contribution in [2.45, 2.75) is 24.8 Å². The van der Waals surface area contributed by atoms with Crippen LogP contribution in [0.15, 0.2) is 11.8 Å². The normalized spacial score (nSPS) is 19.5. The minimum atomic E-state index is -5.57. The van der Waals surface area contributed by atoms with Gasteiger partial charge in [0.25, 0.3) is 0 Å². The van der Waals surface area contributed by atoms with Crippen molar-refractivity contribution in [3.63, 3.8) is 0 Å². The highest BCUT2D eigenvalue weighted by Gasteiger charge is 2.48. The van der Waals surface area contributed by atoms with Gasteiger partial charge in [-0.05, 0) is 24.8 Å². The van der Waals surface area contributed by atoms with E-state index in [9.17, 15) is 21.6 Å². The summed E-state index contributed by atoms with van der Waals surface area (Å²) in [5, 5.41) is 0. The average molecular weight is 362 g/mol. The van der Waals surface area contributed by atoms with Gasteiger partial charge in [-0.2, -0.15) is 21.6 Å². The molecule has 1 atom stereocenters. The summed E-state index contributed by atoms with van der Waals surface area (Å²) in [6.45, 7) is 2.28. The highest BCUT2D eigenvalue weighted by molar-refractivity contribution is 7.87. The maximum atomic E-state index is 12.2. The Hall–Kier alpha value is -0.840. The number of allylic oxidation sites excluding steroid dienone is 2. The van der Waals surface area contributed by atoms with E-state index in [0.717, 1.165) is 0 Å². The molecule has 136 valence electrons. The Morgan fingerprint density at radius 2 is 1.83 bits per heavy atom. The molecule has 1 aliphatic carbocycles. The summed E-state index contributed by atoms with van der Waals surface area (Å²) in [7, 11) is -4.00. The Morgan fingerprint density at radius 3 is 2.39 bits per heavy atom. The molecule has 0 radical (unpaired) electrons. The van der Waals surface area contributed by atoms with Crippen molar-refractivity contribution in [1.82, 2.24) is 0 Å². The van der Waals surface area contributed by atoms with Crippen molar-refractivity contribution < 1.29 is 40.0 Å². The summed E-state index contributed by atoms with van der Waals surface area (Å²) in [5.41, 5.74) is -5.41. The molecule has 0 unspecified atom stereocenters. The lowest BCUT2D eigenvalue weighted by atomic mass is 9.94. The lowest BCUT2D eigenvalue weighted by molar-refractivity contribution is -0.0525. The first-order valence-electron chi connectivity index (χ1n) is 7.10. The first-order valence-corrected chi connectivity index (χ1v) is 8.51. The first-order chi connectivity index (χ1) is 10.8. The lowest BCUT2D eigenvalue weighted by Crippen LogP contribution is -2.26. The van der Waals surface area contributed by atoms with Gasteiger partial charge in [-0.25, -0.2) is 0 Å². The van der Waals surface area contributed by atoms with Crippen LogP contribution in [-0.4, -0.2) is 54.1 Å². The molecule has 1 aliphatic rings. The summed E-state index contributed by atoms with van der Waals surface area (Å²) >= 11 is 0. The van der Waals surface area contributed by atoms with Gasteiger partial charge in [0.15, 0.2) is 0 Å². The van der Waals surface area contributed by atoms with Crippen LogP contribution < -0.4 is 0 Å². The number of hydrogen-bond donors (Lipinski definition) is 0. The van der Waals surface area contributed by atoms with Gasteiger partial charge in [0.1, 0.15) is 5.76 Å². The van der Waals surface area contributed by atoms with E-state index in [2.05, 4.69) is 4.18 Å². The van der Waals surface area contributed by atoms with Crippen LogP contribution >= 0.6 is 0 Å². The molecule has 0 aliphatic heterocycles. The zero-order valence-corrected chi connectivity index (χ0v) is 13.6. The standard InChI is InChI=1S/C13H21F3O6S/c1-19-6-7-20-8-9-21-10-11-2-4-12(5-3-11)22-23(17,18)13(14,15)16/h4,11H,2-3,5-10H2,1H3/t11-/m1/s1. The number of ether oxygens (including phenoxy) is 3. The largest absolute Gasteiger partial charge is 0.534 e. The van der Waals surface area contributed by atoms with Gasteiger partial charge in [-0.3, -0.25) is 0 Å². The van der Waals surface area contributed by atoms with Gasteiger partial charge in [0.2, 0.25) is 0 Å². The zero-order chi connectivity index (χ0) is 17.3. The molecule has 0 heterocycles. The Labute approximate surface area is 133 Å². The molecule has 6 nitrogen and oxygen atoms in total. The van der Waals surface area contributed by atoms with Gasteiger partial charge >= 0.3 is 15.6 Å². The lowest BCUT2D eigenvalue weighted by Gasteiger charge is -2.22. The second-order valence-electron chi connectivity index (χ2n) is 4.97. The number of hydrogen-bond acceptors (Lipinski definition) is 6. The summed E-state index contributed by atoms with van der Waals surface area (Å²) < 4.78 is 77.9. The highest BCUT2D eigenvalue weighted by atomic mass is 32.2. The van der Waals surface area contributed by atoms with Crippen LogP contribution in [0.25, 0.3) is 0 Å². The van der Waals surface area contributed by atoms with Crippen LogP contribution in [0.5, 0.6) is 0 Å². The van der Waals surface area contributed by atoms with Crippen molar-refractivity contribution in [3.05, 3.63) is 11.8 Å². The summed E-state index contributed by atoms with van der Waals surface area (Å²) in [5.74, 6) is -0.0450. The third kappa shape index (κ3) is 7.51. The quantitative estimate of drug-likeness (QED) is 0.337. The van der Waals surface area contributed by atoms with Crippen LogP contribution in [0, 0.1) is 5.92 Å². The number of alkyl halides is 3. The topological polar surface area (TPSA) is 71.1 Å². The Morgan fingerprint density at radius 1 is 1.17 bits per heavy atom. The molecule has 0 N–H and O–H groups in total. The van der Waals surface area contributed by atoms with E-state index in [0.29, 0.717) is 45.9 Å². The van der Waals surface area contributed by atoms with Crippen molar-refractivity contribution in [1.29, 1.82) is 0 Å². The average Bonchev–Trinajstić information content (AvgIpc) is 2.46. The summed E-state index contributed by atoms with van der Waals surface area (Å²) in [6, 6.07) is 0. The summed E-state index contributed by atoms with van der Waals surface area (Å²) in [4.78, 5) is 0. The molecule has 0 aromatic heterocycles. The van der Waals surface area contributed by atoms with Crippen molar-refractivity contribution >= 4 is 10.1 Å². The highest BCUT2D eigenvalue weighted by Crippen LogP contribution is 2.31. The molecule has 0 saturated heterocycles. The van der Waals surface area contributed by atoms with Crippen LogP contribution in [0.2, 0.25) is 0 Å². The van der Waals surface area contributed by atoms with Crippen LogP contribution in [0.4, 0.5) is 13.2 Å². The van der Waals surface area contributed by atoms with Crippen LogP contribution in [0.3, 0.4) is 0 Å². The minimum absolute atomic E-state index is 0.120. The predicted molar refractivity (Wildman–Crippen MR) is 75.0 cm³/mol. The Bertz CT molecular complexity index is 475. The smallest absolute Gasteiger partial charge is 0.382 e. The molecule has 0 amide bonds. The van der Waals surface area contributed by atoms with Gasteiger partial charge in [-0.15, -0.1) is 0 Å². The Kier molecular flexibility index (Phi) is 8.31. The van der Waals surface area contributed by atoms with Gasteiger partial charge in [0.05, 0.1) is 26.4 Å². The van der Waals surface area contributed by atoms with Crippen molar-refractivity contribution in [3.8, 4) is 0 Å². The maximum absolute atomic E-state index is 12.2. The van der Waals surface area contributed by atoms with Crippen LogP contribution in [0.1, 0.15) is 19.3 Å². The third-order valence-electron chi connectivity index (χ3n) is 3.14. The molecule has 0 aromatic rings. The first kappa shape index (κ1) is 20.2. The fraction of sp³-hybridized carbons (Fsp3) is 0.846. The molecule has 23 heavy (non-hydrogen) atoms. The number of halogens is 3. The molecule has 10 heteroatoms. The predicted octanol–water partition coefficient (Wildman–Crippen LogP) is 2.22. The van der Waals surface area contributed by atoms with Crippen molar-refractivity contribution in [2.75, 3.05) is 40.1 Å². The van der Waals surface area contributed by atoms with E-state index in [-0.39, 0.29) is 18.1 Å².